The number of nitrogens with zero attached hydrogens (tertiary/aromatic N) is 1. The van der Waals surface area contributed by atoms with Gasteiger partial charge in [0, 0.05) is 20.1 Å². The number of rotatable bonds is 2. The van der Waals surface area contributed by atoms with Gasteiger partial charge < -0.3 is 10.6 Å². The number of hydrogen-bond acceptors (Lipinski definition) is 1. The van der Waals surface area contributed by atoms with E-state index in [2.05, 4.69) is 21.7 Å². The van der Waals surface area contributed by atoms with E-state index in [0.29, 0.717) is 22.0 Å². The van der Waals surface area contributed by atoms with Crippen LogP contribution in [0.5, 0.6) is 0 Å². The van der Waals surface area contributed by atoms with E-state index in [4.69, 9.17) is 23.2 Å². The van der Waals surface area contributed by atoms with Gasteiger partial charge in [-0.1, -0.05) is 29.3 Å². The highest BCUT2D eigenvalue weighted by Crippen LogP contribution is 2.38. The van der Waals surface area contributed by atoms with Crippen LogP contribution in [0.4, 0.5) is 0 Å². The molecule has 0 aromatic heterocycles. The first-order valence-corrected chi connectivity index (χ1v) is 6.75. The molecule has 2 N–H and O–H groups in total. The van der Waals surface area contributed by atoms with Gasteiger partial charge in [0.2, 0.25) is 0 Å². The first-order chi connectivity index (χ1) is 8.63. The summed E-state index contributed by atoms with van der Waals surface area (Å²) >= 11 is 11.9. The third-order valence-corrected chi connectivity index (χ3v) is 4.09. The lowest BCUT2D eigenvalue weighted by Gasteiger charge is -2.37. The summed E-state index contributed by atoms with van der Waals surface area (Å²) in [5.74, 6) is 1.40. The molecule has 0 aliphatic heterocycles. The first kappa shape index (κ1) is 13.5. The molecule has 0 spiro atoms. The minimum Gasteiger partial charge on any atom is -0.359 e. The lowest BCUT2D eigenvalue weighted by atomic mass is 9.76. The Bertz CT molecular complexity index is 454. The maximum Gasteiger partial charge on any atom is 0.190 e. The van der Waals surface area contributed by atoms with Crippen molar-refractivity contribution in [2.45, 2.75) is 24.8 Å². The summed E-state index contributed by atoms with van der Waals surface area (Å²) in [7, 11) is 3.64. The Morgan fingerprint density at radius 2 is 2.00 bits per heavy atom. The van der Waals surface area contributed by atoms with Crippen LogP contribution in [0.2, 0.25) is 10.0 Å². The Balaban J connectivity index is 1.90. The summed E-state index contributed by atoms with van der Waals surface area (Å²) in [5.41, 5.74) is 1.27. The van der Waals surface area contributed by atoms with Crippen LogP contribution >= 0.6 is 23.2 Å². The van der Waals surface area contributed by atoms with Crippen molar-refractivity contribution in [3.63, 3.8) is 0 Å². The largest absolute Gasteiger partial charge is 0.359 e. The van der Waals surface area contributed by atoms with E-state index in [1.165, 1.54) is 5.56 Å². The lowest BCUT2D eigenvalue weighted by molar-refractivity contribution is 0.322. The molecule has 1 aliphatic rings. The van der Waals surface area contributed by atoms with Crippen LogP contribution in [0.1, 0.15) is 24.3 Å². The monoisotopic (exact) mass is 285 g/mol. The SMILES string of the molecule is CN=C(NC)NC1CC(c2ccc(Cl)c(Cl)c2)C1. The molecule has 1 saturated carbocycles. The van der Waals surface area contributed by atoms with Gasteiger partial charge >= 0.3 is 0 Å². The van der Waals surface area contributed by atoms with Gasteiger partial charge in [0.25, 0.3) is 0 Å². The van der Waals surface area contributed by atoms with E-state index < -0.39 is 0 Å². The lowest BCUT2D eigenvalue weighted by Crippen LogP contribution is -2.47. The van der Waals surface area contributed by atoms with Crippen molar-refractivity contribution in [1.29, 1.82) is 0 Å². The number of aliphatic imine (C=N–C) groups is 1. The molecule has 0 heterocycles. The third-order valence-electron chi connectivity index (χ3n) is 3.35. The van der Waals surface area contributed by atoms with Gasteiger partial charge in [0.15, 0.2) is 5.96 Å². The van der Waals surface area contributed by atoms with E-state index in [0.717, 1.165) is 18.8 Å². The number of halogens is 2. The van der Waals surface area contributed by atoms with E-state index >= 15 is 0 Å². The van der Waals surface area contributed by atoms with Gasteiger partial charge in [-0.25, -0.2) is 0 Å². The highest BCUT2D eigenvalue weighted by molar-refractivity contribution is 6.42. The highest BCUT2D eigenvalue weighted by atomic mass is 35.5. The minimum atomic E-state index is 0.482. The average Bonchev–Trinajstić information content (AvgIpc) is 2.32. The normalized spacial score (nSPS) is 23.4. The quantitative estimate of drug-likeness (QED) is 0.647. The molecule has 1 aromatic carbocycles. The molecule has 0 unspecified atom stereocenters. The van der Waals surface area contributed by atoms with E-state index in [1.54, 1.807) is 7.05 Å². The molecule has 0 amide bonds. The van der Waals surface area contributed by atoms with Gasteiger partial charge in [0.05, 0.1) is 10.0 Å². The fourth-order valence-electron chi connectivity index (χ4n) is 2.22. The number of guanidine groups is 1. The Morgan fingerprint density at radius 3 is 2.56 bits per heavy atom. The maximum absolute atomic E-state index is 6.03. The summed E-state index contributed by atoms with van der Waals surface area (Å²) in [6.07, 6.45) is 2.19. The molecule has 1 aliphatic carbocycles. The van der Waals surface area contributed by atoms with E-state index in [1.807, 2.05) is 19.2 Å². The summed E-state index contributed by atoms with van der Waals surface area (Å²) in [6.45, 7) is 0. The van der Waals surface area contributed by atoms with Crippen LogP contribution in [-0.4, -0.2) is 26.1 Å². The molecule has 5 heteroatoms. The molecule has 1 aromatic rings. The predicted octanol–water partition coefficient (Wildman–Crippen LogP) is 3.03. The van der Waals surface area contributed by atoms with Crippen LogP contribution in [0.15, 0.2) is 23.2 Å². The van der Waals surface area contributed by atoms with Crippen molar-refractivity contribution >= 4 is 29.2 Å². The standard InChI is InChI=1S/C13H17Cl2N3/c1-16-13(17-2)18-10-5-9(6-10)8-3-4-11(14)12(15)7-8/h3-4,7,9-10H,5-6H2,1-2H3,(H2,16,17,18). The first-order valence-electron chi connectivity index (χ1n) is 6.00. The summed E-state index contributed by atoms with van der Waals surface area (Å²) in [4.78, 5) is 4.11. The molecule has 0 atom stereocenters. The van der Waals surface area contributed by atoms with Crippen molar-refractivity contribution in [2.24, 2.45) is 4.99 Å². The van der Waals surface area contributed by atoms with Crippen molar-refractivity contribution in [2.75, 3.05) is 14.1 Å². The number of nitrogens with one attached hydrogen (secondary N) is 2. The van der Waals surface area contributed by atoms with Crippen LogP contribution < -0.4 is 10.6 Å². The molecule has 2 rings (SSSR count). The third kappa shape index (κ3) is 2.90. The maximum atomic E-state index is 6.03. The molecule has 0 bridgehead atoms. The summed E-state index contributed by atoms with van der Waals surface area (Å²) < 4.78 is 0. The molecule has 18 heavy (non-hydrogen) atoms. The van der Waals surface area contributed by atoms with Gasteiger partial charge in [0.1, 0.15) is 0 Å². The Hall–Kier alpha value is -0.930. The van der Waals surface area contributed by atoms with Crippen LogP contribution in [0, 0.1) is 0 Å². The second-order valence-electron chi connectivity index (χ2n) is 4.51. The van der Waals surface area contributed by atoms with Crippen molar-refractivity contribution < 1.29 is 0 Å². The molecule has 98 valence electrons. The second kappa shape index (κ2) is 5.81. The average molecular weight is 286 g/mol. The zero-order valence-electron chi connectivity index (χ0n) is 10.5. The molecule has 3 nitrogen and oxygen atoms in total. The summed E-state index contributed by atoms with van der Waals surface area (Å²) in [5, 5.41) is 7.63. The molecule has 0 saturated heterocycles. The van der Waals surface area contributed by atoms with Crippen molar-refractivity contribution in [3.05, 3.63) is 33.8 Å². The Labute approximate surface area is 118 Å². The predicted molar refractivity (Wildman–Crippen MR) is 77.8 cm³/mol. The van der Waals surface area contributed by atoms with Crippen molar-refractivity contribution in [3.8, 4) is 0 Å². The van der Waals surface area contributed by atoms with Crippen LogP contribution in [0.3, 0.4) is 0 Å². The van der Waals surface area contributed by atoms with Crippen LogP contribution in [-0.2, 0) is 0 Å². The van der Waals surface area contributed by atoms with E-state index in [-0.39, 0.29) is 0 Å². The van der Waals surface area contributed by atoms with Gasteiger partial charge in [-0.15, -0.1) is 0 Å². The Kier molecular flexibility index (Phi) is 4.36. The Morgan fingerprint density at radius 1 is 1.28 bits per heavy atom. The van der Waals surface area contributed by atoms with Crippen molar-refractivity contribution in [1.82, 2.24) is 10.6 Å². The fourth-order valence-corrected chi connectivity index (χ4v) is 2.52. The minimum absolute atomic E-state index is 0.482. The number of hydrogen-bond donors (Lipinski definition) is 2. The highest BCUT2D eigenvalue weighted by Gasteiger charge is 2.30. The zero-order chi connectivity index (χ0) is 13.1. The zero-order valence-corrected chi connectivity index (χ0v) is 12.0. The molecular formula is C13H17Cl2N3. The fraction of sp³-hybridized carbons (Fsp3) is 0.462. The topological polar surface area (TPSA) is 36.4 Å². The smallest absolute Gasteiger partial charge is 0.190 e. The molecular weight excluding hydrogens is 269 g/mol. The summed E-state index contributed by atoms with van der Waals surface area (Å²) in [6, 6.07) is 6.38. The van der Waals surface area contributed by atoms with Gasteiger partial charge in [-0.2, -0.15) is 0 Å². The number of benzene rings is 1. The molecule has 1 fully saturated rings. The van der Waals surface area contributed by atoms with Crippen LogP contribution in [0.25, 0.3) is 0 Å². The van der Waals surface area contributed by atoms with Gasteiger partial charge in [-0.3, -0.25) is 4.99 Å². The van der Waals surface area contributed by atoms with Gasteiger partial charge in [-0.05, 0) is 36.5 Å². The second-order valence-corrected chi connectivity index (χ2v) is 5.32. The molecule has 0 radical (unpaired) electrons. The van der Waals surface area contributed by atoms with E-state index in [9.17, 15) is 0 Å².